The van der Waals surface area contributed by atoms with Crippen LogP contribution in [0.4, 0.5) is 5.69 Å². The van der Waals surface area contributed by atoms with E-state index in [9.17, 15) is 19.7 Å². The van der Waals surface area contributed by atoms with Crippen molar-refractivity contribution in [2.75, 3.05) is 13.1 Å². The lowest BCUT2D eigenvalue weighted by molar-refractivity contribution is -0.386. The van der Waals surface area contributed by atoms with E-state index in [1.54, 1.807) is 6.92 Å². The van der Waals surface area contributed by atoms with Crippen molar-refractivity contribution < 1.29 is 19.0 Å². The molecule has 0 saturated heterocycles. The van der Waals surface area contributed by atoms with E-state index in [1.165, 1.54) is 11.6 Å². The molecule has 0 spiro atoms. The number of aryl methyl sites for hydroxylation is 1. The molecule has 37 heavy (non-hydrogen) atoms. The van der Waals surface area contributed by atoms with Gasteiger partial charge in [0.1, 0.15) is 17.9 Å². The van der Waals surface area contributed by atoms with Crippen LogP contribution in [-0.4, -0.2) is 49.7 Å². The first-order valence-corrected chi connectivity index (χ1v) is 11.5. The van der Waals surface area contributed by atoms with Gasteiger partial charge in [-0.05, 0) is 25.0 Å². The number of carbonyl (C=O) groups is 2. The fourth-order valence-electron chi connectivity index (χ4n) is 3.98. The Kier molecular flexibility index (Phi) is 7.67. The van der Waals surface area contributed by atoms with Crippen molar-refractivity contribution in [3.05, 3.63) is 105 Å². The molecule has 12 heteroatoms. The number of rotatable bonds is 10. The summed E-state index contributed by atoms with van der Waals surface area (Å²) in [5.74, 6) is -1.39. The number of nitrogens with one attached hydrogen (secondary N) is 2. The van der Waals surface area contributed by atoms with Gasteiger partial charge in [0.05, 0.1) is 10.8 Å². The zero-order chi connectivity index (χ0) is 26.4. The van der Waals surface area contributed by atoms with Crippen LogP contribution >= 0.6 is 0 Å². The highest BCUT2D eigenvalue weighted by molar-refractivity contribution is 5.89. The van der Waals surface area contributed by atoms with E-state index in [2.05, 4.69) is 25.9 Å². The Hall–Kier alpha value is -4.87. The number of amides is 2. The Labute approximate surface area is 211 Å². The van der Waals surface area contributed by atoms with Crippen molar-refractivity contribution in [2.24, 2.45) is 0 Å². The summed E-state index contributed by atoms with van der Waals surface area (Å²) in [7, 11) is 0. The second-order valence-corrected chi connectivity index (χ2v) is 8.25. The number of hydrogen-bond acceptors (Lipinski definition) is 8. The summed E-state index contributed by atoms with van der Waals surface area (Å²) in [6.45, 7) is 3.45. The number of hydrogen-bond donors (Lipinski definition) is 2. The molecule has 0 aliphatic heterocycles. The van der Waals surface area contributed by atoms with E-state index < -0.39 is 16.7 Å². The van der Waals surface area contributed by atoms with Gasteiger partial charge in [-0.25, -0.2) is 0 Å². The summed E-state index contributed by atoms with van der Waals surface area (Å²) < 4.78 is 6.40. The third kappa shape index (κ3) is 5.86. The maximum absolute atomic E-state index is 13.0. The Morgan fingerprint density at radius 1 is 1.00 bits per heavy atom. The van der Waals surface area contributed by atoms with Crippen LogP contribution in [0, 0.1) is 24.0 Å². The van der Waals surface area contributed by atoms with Crippen LogP contribution in [0.25, 0.3) is 0 Å². The van der Waals surface area contributed by atoms with Crippen LogP contribution in [0.15, 0.2) is 65.2 Å². The lowest BCUT2D eigenvalue weighted by Crippen LogP contribution is -2.37. The maximum atomic E-state index is 13.0. The quantitative estimate of drug-likeness (QED) is 0.190. The molecular weight excluding hydrogens is 478 g/mol. The summed E-state index contributed by atoms with van der Waals surface area (Å²) in [6.07, 6.45) is 0. The molecule has 0 aliphatic carbocycles. The smallest absolute Gasteiger partial charge is 0.316 e. The van der Waals surface area contributed by atoms with E-state index in [0.717, 1.165) is 11.1 Å². The second kappa shape index (κ2) is 11.2. The highest BCUT2D eigenvalue weighted by atomic mass is 16.6. The monoisotopic (exact) mass is 503 g/mol. The molecule has 190 valence electrons. The zero-order valence-electron chi connectivity index (χ0n) is 20.2. The highest BCUT2D eigenvalue weighted by Crippen LogP contribution is 2.25. The molecular formula is C25H25N7O5. The molecule has 0 unspecified atom stereocenters. The summed E-state index contributed by atoms with van der Waals surface area (Å²) >= 11 is 0. The fraction of sp³-hybridized carbons (Fsp3) is 0.240. The minimum Gasteiger partial charge on any atom is -0.354 e. The average Bonchev–Trinajstić information content (AvgIpc) is 3.47. The van der Waals surface area contributed by atoms with Gasteiger partial charge in [0.2, 0.25) is 5.91 Å². The molecule has 2 aromatic heterocycles. The molecule has 0 fully saturated rings. The van der Waals surface area contributed by atoms with Crippen LogP contribution in [0.2, 0.25) is 0 Å². The molecule has 0 atom stereocenters. The molecule has 0 aliphatic rings. The summed E-state index contributed by atoms with van der Waals surface area (Å²) in [4.78, 5) is 40.2. The molecule has 4 rings (SSSR count). The minimum atomic E-state index is -0.602. The summed E-state index contributed by atoms with van der Waals surface area (Å²) in [5, 5.41) is 24.5. The van der Waals surface area contributed by atoms with Gasteiger partial charge in [-0.3, -0.25) is 24.4 Å². The van der Waals surface area contributed by atoms with E-state index in [4.69, 9.17) is 4.52 Å². The first-order valence-electron chi connectivity index (χ1n) is 11.5. The fourth-order valence-corrected chi connectivity index (χ4v) is 3.98. The normalized spacial score (nSPS) is 10.9. The third-order valence-corrected chi connectivity index (χ3v) is 5.72. The predicted octanol–water partition coefficient (Wildman–Crippen LogP) is 2.52. The Bertz CT molecular complexity index is 1360. The molecule has 2 amide bonds. The second-order valence-electron chi connectivity index (χ2n) is 8.25. The van der Waals surface area contributed by atoms with Crippen molar-refractivity contribution in [3.8, 4) is 0 Å². The molecule has 2 heterocycles. The van der Waals surface area contributed by atoms with E-state index in [1.807, 2.05) is 60.7 Å². The van der Waals surface area contributed by atoms with Gasteiger partial charge in [0.25, 0.3) is 0 Å². The minimum absolute atomic E-state index is 0.00765. The first-order chi connectivity index (χ1) is 17.8. The van der Waals surface area contributed by atoms with Crippen LogP contribution < -0.4 is 10.6 Å². The molecule has 0 bridgehead atoms. The highest BCUT2D eigenvalue weighted by Gasteiger charge is 2.24. The number of benzene rings is 2. The van der Waals surface area contributed by atoms with Gasteiger partial charge in [-0.15, -0.1) is 0 Å². The molecule has 12 nitrogen and oxygen atoms in total. The van der Waals surface area contributed by atoms with Gasteiger partial charge in [0.15, 0.2) is 5.82 Å². The van der Waals surface area contributed by atoms with E-state index in [-0.39, 0.29) is 48.6 Å². The van der Waals surface area contributed by atoms with Crippen molar-refractivity contribution in [1.29, 1.82) is 0 Å². The summed E-state index contributed by atoms with van der Waals surface area (Å²) in [6, 6.07) is 18.9. The van der Waals surface area contributed by atoms with E-state index >= 15 is 0 Å². The Balaban J connectivity index is 1.32. The lowest BCUT2D eigenvalue weighted by Gasteiger charge is -2.18. The van der Waals surface area contributed by atoms with Gasteiger partial charge in [-0.2, -0.15) is 10.1 Å². The van der Waals surface area contributed by atoms with Crippen molar-refractivity contribution in [3.63, 3.8) is 0 Å². The molecule has 4 aromatic rings. The third-order valence-electron chi connectivity index (χ3n) is 5.72. The number of nitro groups is 1. The summed E-state index contributed by atoms with van der Waals surface area (Å²) in [5.41, 5.74) is 2.26. The van der Waals surface area contributed by atoms with Gasteiger partial charge in [-0.1, -0.05) is 65.8 Å². The Morgan fingerprint density at radius 2 is 1.59 bits per heavy atom. The number of aromatic nitrogens is 4. The van der Waals surface area contributed by atoms with Gasteiger partial charge >= 0.3 is 17.5 Å². The van der Waals surface area contributed by atoms with Crippen molar-refractivity contribution >= 4 is 17.5 Å². The lowest BCUT2D eigenvalue weighted by atomic mass is 9.90. The molecule has 0 radical (unpaired) electrons. The number of carbonyl (C=O) groups excluding carboxylic acids is 2. The average molecular weight is 504 g/mol. The zero-order valence-corrected chi connectivity index (χ0v) is 20.2. The van der Waals surface area contributed by atoms with Crippen LogP contribution in [-0.2, 0) is 11.3 Å². The predicted molar refractivity (Wildman–Crippen MR) is 132 cm³/mol. The van der Waals surface area contributed by atoms with Crippen LogP contribution in [0.3, 0.4) is 0 Å². The van der Waals surface area contributed by atoms with Crippen molar-refractivity contribution in [2.45, 2.75) is 26.3 Å². The topological polar surface area (TPSA) is 158 Å². The van der Waals surface area contributed by atoms with Gasteiger partial charge < -0.3 is 15.2 Å². The van der Waals surface area contributed by atoms with Crippen molar-refractivity contribution in [1.82, 2.24) is 30.6 Å². The number of nitrogens with zero attached hydrogens (tertiary/aromatic N) is 5. The molecule has 2 N–H and O–H groups in total. The van der Waals surface area contributed by atoms with Crippen LogP contribution in [0.1, 0.15) is 44.9 Å². The maximum Gasteiger partial charge on any atom is 0.316 e. The van der Waals surface area contributed by atoms with Crippen LogP contribution in [0.5, 0.6) is 0 Å². The molecule has 0 saturated carbocycles. The van der Waals surface area contributed by atoms with Gasteiger partial charge in [0, 0.05) is 13.1 Å². The molecule has 2 aromatic carbocycles. The largest absolute Gasteiger partial charge is 0.354 e. The standard InChI is InChI=1S/C25H25N7O5/c1-16-22(32(35)36)17(2)31(29-16)15-20-28-25(37-30-20)24(34)27-14-13-26-23(33)21(18-9-5-3-6-10-18)19-11-7-4-8-12-19/h3-12,21H,13-15H2,1-2H3,(H,26,33)(H,27,34). The Morgan fingerprint density at radius 3 is 2.16 bits per heavy atom. The first kappa shape index (κ1) is 25.2. The van der Waals surface area contributed by atoms with E-state index in [0.29, 0.717) is 5.69 Å². The SMILES string of the molecule is Cc1nn(Cc2noc(C(=O)NCCNC(=O)C(c3ccccc3)c3ccccc3)n2)c(C)c1[N+](=O)[O-].